The highest BCUT2D eigenvalue weighted by Crippen LogP contribution is 2.27. The molecule has 0 saturated carbocycles. The summed E-state index contributed by atoms with van der Waals surface area (Å²) in [6.45, 7) is 6.29. The van der Waals surface area contributed by atoms with Gasteiger partial charge in [-0.1, -0.05) is 17.7 Å². The molecular weight excluding hydrogens is 264 g/mol. The van der Waals surface area contributed by atoms with Crippen molar-refractivity contribution in [3.8, 4) is 11.5 Å². The van der Waals surface area contributed by atoms with Gasteiger partial charge in [0.05, 0.1) is 12.3 Å². The lowest BCUT2D eigenvalue weighted by Gasteiger charge is -2.14. The molecule has 21 heavy (non-hydrogen) atoms. The molecule has 1 N–H and O–H groups in total. The first-order valence-electron chi connectivity index (χ1n) is 7.09. The van der Waals surface area contributed by atoms with E-state index < -0.39 is 0 Å². The number of ether oxygens (including phenoxy) is 2. The van der Waals surface area contributed by atoms with Gasteiger partial charge in [-0.05, 0) is 32.0 Å². The first kappa shape index (κ1) is 15.5. The van der Waals surface area contributed by atoms with Crippen LogP contribution in [0, 0.1) is 13.8 Å². The Morgan fingerprint density at radius 3 is 2.76 bits per heavy atom. The van der Waals surface area contributed by atoms with Crippen LogP contribution in [0.1, 0.15) is 16.8 Å². The van der Waals surface area contributed by atoms with Crippen LogP contribution in [0.25, 0.3) is 0 Å². The minimum atomic E-state index is 0.698. The number of aryl methyl sites for hydroxylation is 2. The number of nitrogens with zero attached hydrogens (tertiary/aromatic N) is 1. The van der Waals surface area contributed by atoms with E-state index >= 15 is 0 Å². The van der Waals surface area contributed by atoms with E-state index in [0.29, 0.717) is 6.61 Å². The Bertz CT molecular complexity index is 585. The molecule has 2 rings (SSSR count). The Labute approximate surface area is 126 Å². The first-order chi connectivity index (χ1) is 10.2. The molecule has 0 saturated heterocycles. The number of rotatable bonds is 7. The summed E-state index contributed by atoms with van der Waals surface area (Å²) in [5, 5.41) is 3.35. The molecule has 0 fully saturated rings. The number of aromatic nitrogens is 1. The number of benzene rings is 1. The average molecular weight is 286 g/mol. The van der Waals surface area contributed by atoms with Crippen molar-refractivity contribution in [2.75, 3.05) is 20.3 Å². The maximum Gasteiger partial charge on any atom is 0.148 e. The third-order valence-corrected chi connectivity index (χ3v) is 3.19. The SMILES string of the molecule is COCCNCc1cc(C)ccc1Oc1cccnc1C. The van der Waals surface area contributed by atoms with Gasteiger partial charge < -0.3 is 14.8 Å². The third-order valence-electron chi connectivity index (χ3n) is 3.19. The van der Waals surface area contributed by atoms with E-state index in [-0.39, 0.29) is 0 Å². The fourth-order valence-electron chi connectivity index (χ4n) is 2.04. The van der Waals surface area contributed by atoms with Gasteiger partial charge in [-0.25, -0.2) is 0 Å². The van der Waals surface area contributed by atoms with Crippen LogP contribution in [0.3, 0.4) is 0 Å². The van der Waals surface area contributed by atoms with E-state index in [1.165, 1.54) is 5.56 Å². The van der Waals surface area contributed by atoms with Crippen LogP contribution in [0.5, 0.6) is 11.5 Å². The number of hydrogen-bond acceptors (Lipinski definition) is 4. The average Bonchev–Trinajstić information content (AvgIpc) is 2.48. The van der Waals surface area contributed by atoms with Crippen molar-refractivity contribution in [1.82, 2.24) is 10.3 Å². The van der Waals surface area contributed by atoms with Gasteiger partial charge in [-0.2, -0.15) is 0 Å². The molecule has 0 radical (unpaired) electrons. The summed E-state index contributed by atoms with van der Waals surface area (Å²) < 4.78 is 11.1. The molecule has 112 valence electrons. The standard InChI is InChI=1S/C17H22N2O2/c1-13-6-7-17(15(11-13)12-18-9-10-20-3)21-16-5-4-8-19-14(16)2/h4-8,11,18H,9-10,12H2,1-3H3. The predicted octanol–water partition coefficient (Wildman–Crippen LogP) is 3.23. The molecule has 0 unspecified atom stereocenters. The van der Waals surface area contributed by atoms with E-state index in [9.17, 15) is 0 Å². The molecule has 0 aliphatic rings. The van der Waals surface area contributed by atoms with Crippen molar-refractivity contribution in [3.05, 3.63) is 53.3 Å². The van der Waals surface area contributed by atoms with Gasteiger partial charge in [0, 0.05) is 32.0 Å². The summed E-state index contributed by atoms with van der Waals surface area (Å²) in [4.78, 5) is 4.25. The fraction of sp³-hybridized carbons (Fsp3) is 0.353. The second-order valence-electron chi connectivity index (χ2n) is 4.97. The molecule has 0 aliphatic heterocycles. The van der Waals surface area contributed by atoms with E-state index in [1.54, 1.807) is 13.3 Å². The molecule has 0 spiro atoms. The number of methoxy groups -OCH3 is 1. The van der Waals surface area contributed by atoms with E-state index in [2.05, 4.69) is 29.4 Å². The largest absolute Gasteiger partial charge is 0.455 e. The van der Waals surface area contributed by atoms with Crippen molar-refractivity contribution in [2.24, 2.45) is 0 Å². The van der Waals surface area contributed by atoms with Gasteiger partial charge in [0.25, 0.3) is 0 Å². The number of pyridine rings is 1. The zero-order chi connectivity index (χ0) is 15.1. The minimum absolute atomic E-state index is 0.698. The van der Waals surface area contributed by atoms with Crippen LogP contribution < -0.4 is 10.1 Å². The van der Waals surface area contributed by atoms with Crippen LogP contribution in [0.15, 0.2) is 36.5 Å². The lowest BCUT2D eigenvalue weighted by molar-refractivity contribution is 0.199. The van der Waals surface area contributed by atoms with Crippen molar-refractivity contribution in [3.63, 3.8) is 0 Å². The molecule has 2 aromatic rings. The van der Waals surface area contributed by atoms with Crippen LogP contribution in [-0.2, 0) is 11.3 Å². The second kappa shape index (κ2) is 7.76. The molecule has 4 heteroatoms. The van der Waals surface area contributed by atoms with Gasteiger partial charge in [-0.15, -0.1) is 0 Å². The lowest BCUT2D eigenvalue weighted by atomic mass is 10.1. The predicted molar refractivity (Wildman–Crippen MR) is 83.8 cm³/mol. The van der Waals surface area contributed by atoms with Crippen LogP contribution in [0.2, 0.25) is 0 Å². The highest BCUT2D eigenvalue weighted by molar-refractivity contribution is 5.41. The molecule has 1 aromatic carbocycles. The molecule has 0 bridgehead atoms. The van der Waals surface area contributed by atoms with Gasteiger partial charge >= 0.3 is 0 Å². The van der Waals surface area contributed by atoms with Crippen molar-refractivity contribution in [1.29, 1.82) is 0 Å². The van der Waals surface area contributed by atoms with E-state index in [1.807, 2.05) is 25.1 Å². The van der Waals surface area contributed by atoms with Gasteiger partial charge in [0.15, 0.2) is 0 Å². The summed E-state index contributed by atoms with van der Waals surface area (Å²) in [5.74, 6) is 1.65. The summed E-state index contributed by atoms with van der Waals surface area (Å²) in [6, 6.07) is 10.0. The summed E-state index contributed by atoms with van der Waals surface area (Å²) in [5.41, 5.74) is 3.24. The van der Waals surface area contributed by atoms with Crippen molar-refractivity contribution in [2.45, 2.75) is 20.4 Å². The summed E-state index contributed by atoms with van der Waals surface area (Å²) in [7, 11) is 1.70. The Kier molecular flexibility index (Phi) is 5.72. The molecule has 4 nitrogen and oxygen atoms in total. The highest BCUT2D eigenvalue weighted by Gasteiger charge is 2.07. The van der Waals surface area contributed by atoms with Gasteiger partial charge in [0.1, 0.15) is 11.5 Å². The highest BCUT2D eigenvalue weighted by atomic mass is 16.5. The number of nitrogens with one attached hydrogen (secondary N) is 1. The summed E-state index contributed by atoms with van der Waals surface area (Å²) >= 11 is 0. The maximum absolute atomic E-state index is 6.02. The summed E-state index contributed by atoms with van der Waals surface area (Å²) in [6.07, 6.45) is 1.77. The second-order valence-corrected chi connectivity index (χ2v) is 4.97. The minimum Gasteiger partial charge on any atom is -0.455 e. The van der Waals surface area contributed by atoms with Crippen molar-refractivity contribution < 1.29 is 9.47 Å². The van der Waals surface area contributed by atoms with Crippen LogP contribution in [0.4, 0.5) is 0 Å². The molecule has 0 amide bonds. The molecular formula is C17H22N2O2. The molecule has 1 aromatic heterocycles. The Balaban J connectivity index is 2.13. The normalized spacial score (nSPS) is 10.6. The Morgan fingerprint density at radius 1 is 1.14 bits per heavy atom. The zero-order valence-corrected chi connectivity index (χ0v) is 12.8. The third kappa shape index (κ3) is 4.55. The quantitative estimate of drug-likeness (QED) is 0.794. The van der Waals surface area contributed by atoms with Crippen LogP contribution >= 0.6 is 0 Å². The molecule has 1 heterocycles. The van der Waals surface area contributed by atoms with Gasteiger partial charge in [0.2, 0.25) is 0 Å². The monoisotopic (exact) mass is 286 g/mol. The lowest BCUT2D eigenvalue weighted by Crippen LogP contribution is -2.19. The maximum atomic E-state index is 6.02. The van der Waals surface area contributed by atoms with Crippen molar-refractivity contribution >= 4 is 0 Å². The Morgan fingerprint density at radius 2 is 2.00 bits per heavy atom. The molecule has 0 aliphatic carbocycles. The zero-order valence-electron chi connectivity index (χ0n) is 12.8. The first-order valence-corrected chi connectivity index (χ1v) is 7.09. The smallest absolute Gasteiger partial charge is 0.148 e. The van der Waals surface area contributed by atoms with Crippen LogP contribution in [-0.4, -0.2) is 25.2 Å². The molecule has 0 atom stereocenters. The van der Waals surface area contributed by atoms with Gasteiger partial charge in [-0.3, -0.25) is 4.98 Å². The Hall–Kier alpha value is -1.91. The topological polar surface area (TPSA) is 43.4 Å². The van der Waals surface area contributed by atoms with E-state index in [0.717, 1.165) is 35.8 Å². The number of hydrogen-bond donors (Lipinski definition) is 1. The van der Waals surface area contributed by atoms with E-state index in [4.69, 9.17) is 9.47 Å². The fourth-order valence-corrected chi connectivity index (χ4v) is 2.04.